The summed E-state index contributed by atoms with van der Waals surface area (Å²) in [5, 5.41) is 72.5. The number of nitrogens with zero attached hydrogens (tertiary/aromatic N) is 16. The zero-order chi connectivity index (χ0) is 96.3. The van der Waals surface area contributed by atoms with Crippen molar-refractivity contribution in [1.82, 2.24) is 81.3 Å². The predicted molar refractivity (Wildman–Crippen MR) is 563 cm³/mol. The van der Waals surface area contributed by atoms with Crippen molar-refractivity contribution < 1.29 is 0 Å². The maximum atomic E-state index is 4.47. The molecule has 0 bridgehead atoms. The van der Waals surface area contributed by atoms with Crippen molar-refractivity contribution in [1.29, 1.82) is 0 Å². The lowest BCUT2D eigenvalue weighted by Gasteiger charge is -2.03. The van der Waals surface area contributed by atoms with Crippen LogP contribution in [0.4, 0.5) is 0 Å². The molecule has 676 valence electrons. The van der Waals surface area contributed by atoms with Crippen LogP contribution in [0.2, 0.25) is 0 Å². The second-order valence-corrected chi connectivity index (χ2v) is 25.7. The molecular formula is C113H144N16. The van der Waals surface area contributed by atoms with E-state index in [9.17, 15) is 0 Å². The van der Waals surface area contributed by atoms with Gasteiger partial charge in [0.15, 0.2) is 0 Å². The highest BCUT2D eigenvalue weighted by Crippen LogP contribution is 2.26. The number of fused-ring (bicyclic) bond motifs is 13. The first-order valence-corrected chi connectivity index (χ1v) is 46.0. The van der Waals surface area contributed by atoms with E-state index in [4.69, 9.17) is 0 Å². The van der Waals surface area contributed by atoms with E-state index in [1.165, 1.54) is 87.4 Å². The van der Waals surface area contributed by atoms with E-state index < -0.39 is 0 Å². The van der Waals surface area contributed by atoms with Gasteiger partial charge in [-0.1, -0.05) is 339 Å². The first-order valence-electron chi connectivity index (χ1n) is 46.0. The fraction of sp³-hybridized carbons (Fsp3) is 0.274. The van der Waals surface area contributed by atoms with Crippen LogP contribution < -0.4 is 0 Å². The van der Waals surface area contributed by atoms with Crippen LogP contribution in [0.25, 0.3) is 119 Å². The molecule has 129 heavy (non-hydrogen) atoms. The van der Waals surface area contributed by atoms with Crippen LogP contribution in [0.3, 0.4) is 0 Å². The number of hydrogen-bond donors (Lipinski definition) is 0. The van der Waals surface area contributed by atoms with Crippen molar-refractivity contribution in [2.75, 3.05) is 0 Å². The Morgan fingerprint density at radius 2 is 0.535 bits per heavy atom. The Labute approximate surface area is 771 Å². The lowest BCUT2D eigenvalue weighted by Crippen LogP contribution is -1.86. The van der Waals surface area contributed by atoms with E-state index in [1.54, 1.807) is 43.4 Å². The van der Waals surface area contributed by atoms with Gasteiger partial charge in [0.1, 0.15) is 0 Å². The molecular weight excluding hydrogens is 1580 g/mol. The van der Waals surface area contributed by atoms with Crippen LogP contribution in [0.15, 0.2) is 311 Å². The quantitative estimate of drug-likeness (QED) is 0.129. The van der Waals surface area contributed by atoms with E-state index in [-0.39, 0.29) is 0 Å². The van der Waals surface area contributed by atoms with Crippen LogP contribution in [0, 0.1) is 62.3 Å². The average molecular weight is 1730 g/mol. The fourth-order valence-corrected chi connectivity index (χ4v) is 11.8. The summed E-state index contributed by atoms with van der Waals surface area (Å²) in [6, 6.07) is 86.1. The second-order valence-electron chi connectivity index (χ2n) is 25.7. The Kier molecular flexibility index (Phi) is 60.0. The van der Waals surface area contributed by atoms with Gasteiger partial charge in [0.05, 0.1) is 93.4 Å². The molecule has 0 atom stereocenters. The molecule has 0 unspecified atom stereocenters. The van der Waals surface area contributed by atoms with Crippen LogP contribution >= 0.6 is 0 Å². The smallest absolute Gasteiger partial charge is 0.0932 e. The standard InChI is InChI=1S/2C14H11N.7C9H8N2.11C2H6/c1-10-6-7-14-13(8-10)12-5-3-2-4-11(12)9-15-14;1-10-6-7-13-12-5-3-2-4-11(12)9-15-14(13)8-10;1-7-2-3-8-5-10-11-6-9(8)4-7;1-7-2-3-9-8(6-7)4-5-10-11-9;1-7-2-3-8-4-5-10-11-9(8)6-7;1-7-3-2-4-9-8(7)5-6-10-11-9;1-7-9-5-3-2-4-8(9)6-10-11-7;1-7-6-10-11-9-5-3-2-4-8(7)9;1-7-6-8-4-2-3-5-9(8)11-10-7;11*1-2/h2*2-9H,1H3;7*2-6H,1H3;11*1-2H3. The van der Waals surface area contributed by atoms with Crippen molar-refractivity contribution in [2.24, 2.45) is 0 Å². The Hall–Kier alpha value is -13.9. The minimum atomic E-state index is 0.957. The highest BCUT2D eigenvalue weighted by Gasteiger charge is 2.05. The molecule has 9 aromatic heterocycles. The molecule has 20 aromatic rings. The predicted octanol–water partition coefficient (Wildman–Crippen LogP) is 32.2. The molecule has 0 fully saturated rings. The van der Waals surface area contributed by atoms with Gasteiger partial charge in [-0.05, 0) is 180 Å². The van der Waals surface area contributed by atoms with E-state index in [2.05, 4.69) is 243 Å². The maximum absolute atomic E-state index is 4.47. The SMILES string of the molecule is CC.CC.CC.CC.CC.CC.CC.CC.CC.CC.CC.Cc1cc2ccccc2nn1.Cc1ccc2c(c1)ncc1ccccc12.Cc1ccc2ccnnc2c1.Cc1ccc2cnncc2c1.Cc1ccc2ncc3ccccc3c2c1.Cc1ccc2nnccc2c1.Cc1cccc2nnccc12.Cc1cnnc2ccccc12.Cc1nncc2ccccc12. The van der Waals surface area contributed by atoms with Gasteiger partial charge in [0.25, 0.3) is 0 Å². The Balaban J connectivity index is 0.000000707. The van der Waals surface area contributed by atoms with E-state index in [0.29, 0.717) is 0 Å². The molecule has 16 heteroatoms. The molecule has 0 amide bonds. The van der Waals surface area contributed by atoms with Crippen LogP contribution in [-0.2, 0) is 0 Å². The summed E-state index contributed by atoms with van der Waals surface area (Å²) in [6.45, 7) is 62.4. The molecule has 9 heterocycles. The fourth-order valence-electron chi connectivity index (χ4n) is 11.8. The minimum Gasteiger partial charge on any atom is -0.256 e. The van der Waals surface area contributed by atoms with E-state index >= 15 is 0 Å². The topological polar surface area (TPSA) is 206 Å². The van der Waals surface area contributed by atoms with E-state index in [1.807, 2.05) is 320 Å². The van der Waals surface area contributed by atoms with Gasteiger partial charge >= 0.3 is 0 Å². The molecule has 0 aliphatic heterocycles. The molecule has 0 saturated carbocycles. The molecule has 0 aliphatic rings. The summed E-state index contributed by atoms with van der Waals surface area (Å²) in [7, 11) is 0. The molecule has 0 N–H and O–H groups in total. The van der Waals surface area contributed by atoms with Crippen molar-refractivity contribution in [2.45, 2.75) is 215 Å². The summed E-state index contributed by atoms with van der Waals surface area (Å²) in [6.07, 6.45) is 16.1. The summed E-state index contributed by atoms with van der Waals surface area (Å²) in [5.74, 6) is 0. The Bertz CT molecular complexity index is 5870. The number of benzene rings is 11. The Morgan fingerprint density at radius 1 is 0.163 bits per heavy atom. The lowest BCUT2D eigenvalue weighted by molar-refractivity contribution is 1.00. The molecule has 16 nitrogen and oxygen atoms in total. The van der Waals surface area contributed by atoms with Gasteiger partial charge in [-0.3, -0.25) is 9.97 Å². The van der Waals surface area contributed by atoms with Gasteiger partial charge in [0.2, 0.25) is 0 Å². The molecule has 11 aromatic carbocycles. The summed E-state index contributed by atoms with van der Waals surface area (Å²) < 4.78 is 0. The summed E-state index contributed by atoms with van der Waals surface area (Å²) in [5.41, 5.74) is 17.6. The van der Waals surface area contributed by atoms with Crippen LogP contribution in [0.5, 0.6) is 0 Å². The van der Waals surface area contributed by atoms with Gasteiger partial charge in [-0.2, -0.15) is 71.4 Å². The average Bonchev–Trinajstić information content (AvgIpc) is 0.799. The lowest BCUT2D eigenvalue weighted by atomic mass is 10.1. The first-order chi connectivity index (χ1) is 63.3. The molecule has 0 aliphatic carbocycles. The summed E-state index contributed by atoms with van der Waals surface area (Å²) >= 11 is 0. The van der Waals surface area contributed by atoms with Crippen molar-refractivity contribution in [3.63, 3.8) is 0 Å². The van der Waals surface area contributed by atoms with Crippen molar-refractivity contribution in [3.8, 4) is 0 Å². The van der Waals surface area contributed by atoms with Gasteiger partial charge < -0.3 is 0 Å². The third-order valence-corrected chi connectivity index (χ3v) is 17.4. The maximum Gasteiger partial charge on any atom is 0.0932 e. The van der Waals surface area contributed by atoms with Crippen LogP contribution in [0.1, 0.15) is 203 Å². The third kappa shape index (κ3) is 37.7. The summed E-state index contributed by atoms with van der Waals surface area (Å²) in [4.78, 5) is 8.92. The highest BCUT2D eigenvalue weighted by molar-refractivity contribution is 6.06. The number of aryl methyl sites for hydroxylation is 9. The highest BCUT2D eigenvalue weighted by atomic mass is 15.1. The van der Waals surface area contributed by atoms with Gasteiger partial charge in [0, 0.05) is 82.4 Å². The van der Waals surface area contributed by atoms with Gasteiger partial charge in [-0.25, -0.2) is 0 Å². The monoisotopic (exact) mass is 1730 g/mol. The zero-order valence-corrected chi connectivity index (χ0v) is 83.1. The number of pyridine rings is 2. The molecule has 0 radical (unpaired) electrons. The van der Waals surface area contributed by atoms with Crippen molar-refractivity contribution in [3.05, 3.63) is 361 Å². The zero-order valence-electron chi connectivity index (χ0n) is 83.1. The minimum absolute atomic E-state index is 0.957. The normalized spacial score (nSPS) is 9.20. The van der Waals surface area contributed by atoms with Crippen molar-refractivity contribution >= 4 is 119 Å². The first kappa shape index (κ1) is 113. The molecule has 20 rings (SSSR count). The third-order valence-electron chi connectivity index (χ3n) is 17.4. The largest absolute Gasteiger partial charge is 0.256 e. The van der Waals surface area contributed by atoms with Crippen LogP contribution in [-0.4, -0.2) is 81.3 Å². The number of rotatable bonds is 0. The molecule has 0 spiro atoms. The number of aromatic nitrogens is 16. The van der Waals surface area contributed by atoms with E-state index in [0.717, 1.165) is 82.3 Å². The number of hydrogen-bond acceptors (Lipinski definition) is 16. The second kappa shape index (κ2) is 68.4. The van der Waals surface area contributed by atoms with Gasteiger partial charge in [-0.15, -0.1) is 0 Å². The molecule has 0 saturated heterocycles. The Morgan fingerprint density at radius 3 is 1.12 bits per heavy atom.